The third-order valence-electron chi connectivity index (χ3n) is 6.97. The Kier molecular flexibility index (Phi) is 5.26. The van der Waals surface area contributed by atoms with Crippen LogP contribution in [0.25, 0.3) is 17.1 Å². The summed E-state index contributed by atoms with van der Waals surface area (Å²) in [4.78, 5) is 4.82. The van der Waals surface area contributed by atoms with Crippen molar-refractivity contribution in [3.05, 3.63) is 137 Å². The molecule has 2 heterocycles. The van der Waals surface area contributed by atoms with Crippen LogP contribution in [0.4, 0.5) is 0 Å². The molecule has 1 aliphatic rings. The van der Waals surface area contributed by atoms with E-state index in [0.29, 0.717) is 0 Å². The summed E-state index contributed by atoms with van der Waals surface area (Å²) in [5, 5.41) is 0. The van der Waals surface area contributed by atoms with Gasteiger partial charge in [-0.1, -0.05) is 90.5 Å². The van der Waals surface area contributed by atoms with Crippen LogP contribution in [0.2, 0.25) is 0 Å². The number of hydrogen-bond acceptors (Lipinski definition) is 2. The van der Waals surface area contributed by atoms with Crippen molar-refractivity contribution in [2.24, 2.45) is 0 Å². The first-order chi connectivity index (χ1) is 17.1. The molecule has 0 spiro atoms. The van der Waals surface area contributed by atoms with Gasteiger partial charge in [0.05, 0.1) is 17.2 Å². The minimum Gasteiger partial charge on any atom is -0.484 e. The Balaban J connectivity index is 1.53. The van der Waals surface area contributed by atoms with E-state index in [-0.39, 0.29) is 12.0 Å². The molecule has 3 heteroatoms. The van der Waals surface area contributed by atoms with E-state index < -0.39 is 0 Å². The largest absolute Gasteiger partial charge is 0.484 e. The number of fused-ring (bicyclic) bond motifs is 1. The maximum absolute atomic E-state index is 6.83. The molecule has 0 saturated carbocycles. The molecule has 0 saturated heterocycles. The van der Waals surface area contributed by atoms with E-state index in [9.17, 15) is 0 Å². The highest BCUT2D eigenvalue weighted by molar-refractivity contribution is 5.72. The number of nitrogens with zero attached hydrogens (tertiary/aromatic N) is 2. The van der Waals surface area contributed by atoms with Crippen molar-refractivity contribution in [1.82, 2.24) is 9.55 Å². The van der Waals surface area contributed by atoms with E-state index in [2.05, 4.69) is 123 Å². The van der Waals surface area contributed by atoms with Crippen molar-refractivity contribution in [3.8, 4) is 22.8 Å². The molecule has 172 valence electrons. The van der Waals surface area contributed by atoms with Crippen molar-refractivity contribution in [2.75, 3.05) is 0 Å². The maximum atomic E-state index is 6.83. The second kappa shape index (κ2) is 8.59. The summed E-state index contributed by atoms with van der Waals surface area (Å²) in [6.45, 7) is 6.48. The second-order valence-corrected chi connectivity index (χ2v) is 9.43. The van der Waals surface area contributed by atoms with Crippen LogP contribution >= 0.6 is 0 Å². The van der Waals surface area contributed by atoms with Crippen molar-refractivity contribution in [1.29, 1.82) is 0 Å². The first-order valence-electron chi connectivity index (χ1n) is 12.1. The van der Waals surface area contributed by atoms with Crippen molar-refractivity contribution < 1.29 is 4.74 Å². The summed E-state index contributed by atoms with van der Waals surface area (Å²) >= 11 is 0. The van der Waals surface area contributed by atoms with E-state index >= 15 is 0 Å². The molecule has 3 nitrogen and oxygen atoms in total. The molecule has 0 bridgehead atoms. The fourth-order valence-corrected chi connectivity index (χ4v) is 5.62. The molecule has 2 atom stereocenters. The van der Waals surface area contributed by atoms with Crippen LogP contribution in [0.1, 0.15) is 45.4 Å². The number of aromatic nitrogens is 2. The normalized spacial score (nSPS) is 16.7. The Morgan fingerprint density at radius 2 is 1.40 bits per heavy atom. The highest BCUT2D eigenvalue weighted by atomic mass is 16.5. The Hall–Kier alpha value is -4.11. The smallest absolute Gasteiger partial charge is 0.148 e. The number of rotatable bonds is 4. The van der Waals surface area contributed by atoms with Crippen LogP contribution in [-0.2, 0) is 0 Å². The molecular weight excluding hydrogens is 428 g/mol. The van der Waals surface area contributed by atoms with Gasteiger partial charge in [0, 0.05) is 18.0 Å². The summed E-state index contributed by atoms with van der Waals surface area (Å²) in [5.41, 5.74) is 9.58. The van der Waals surface area contributed by atoms with Gasteiger partial charge in [-0.2, -0.15) is 0 Å². The average Bonchev–Trinajstić information content (AvgIpc) is 3.49. The molecule has 0 fully saturated rings. The van der Waals surface area contributed by atoms with Gasteiger partial charge < -0.3 is 4.74 Å². The summed E-state index contributed by atoms with van der Waals surface area (Å²) in [5.74, 6) is 1.93. The minimum absolute atomic E-state index is 0.0963. The maximum Gasteiger partial charge on any atom is 0.148 e. The molecule has 1 aliphatic heterocycles. The van der Waals surface area contributed by atoms with Crippen LogP contribution in [0.15, 0.2) is 103 Å². The highest BCUT2D eigenvalue weighted by Crippen LogP contribution is 2.52. The summed E-state index contributed by atoms with van der Waals surface area (Å²) in [6.07, 6.45) is 3.84. The molecule has 0 radical (unpaired) electrons. The van der Waals surface area contributed by atoms with Crippen LogP contribution in [0, 0.1) is 20.8 Å². The summed E-state index contributed by atoms with van der Waals surface area (Å²) in [7, 11) is 0. The van der Waals surface area contributed by atoms with Gasteiger partial charge in [-0.15, -0.1) is 0 Å². The molecular formula is C32H28N2O. The number of aryl methyl sites for hydroxylation is 3. The standard InChI is InChI=1S/C32H28N2O/c1-21-19-22(2)29(23(3)20-21)34-18-17-33-32(34)27-16-10-15-26-28(24-11-6-4-7-12-24)30(35-31(26)27)25-13-8-5-9-14-25/h4-20,28,30H,1-3H3. The van der Waals surface area contributed by atoms with Crippen LogP contribution in [-0.4, -0.2) is 9.55 Å². The predicted octanol–water partition coefficient (Wildman–Crippen LogP) is 7.73. The van der Waals surface area contributed by atoms with Gasteiger partial charge in [0.15, 0.2) is 0 Å². The summed E-state index contributed by atoms with van der Waals surface area (Å²) < 4.78 is 9.04. The van der Waals surface area contributed by atoms with Crippen LogP contribution < -0.4 is 4.74 Å². The molecule has 6 rings (SSSR count). The van der Waals surface area contributed by atoms with Gasteiger partial charge >= 0.3 is 0 Å². The number of benzene rings is 4. The minimum atomic E-state index is -0.0963. The highest BCUT2D eigenvalue weighted by Gasteiger charge is 2.38. The topological polar surface area (TPSA) is 27.1 Å². The molecule has 1 aromatic heterocycles. The Morgan fingerprint density at radius 1 is 0.743 bits per heavy atom. The molecule has 2 unspecified atom stereocenters. The average molecular weight is 457 g/mol. The number of ether oxygens (including phenoxy) is 1. The fourth-order valence-electron chi connectivity index (χ4n) is 5.62. The van der Waals surface area contributed by atoms with Crippen molar-refractivity contribution in [2.45, 2.75) is 32.8 Å². The van der Waals surface area contributed by atoms with Crippen molar-refractivity contribution in [3.63, 3.8) is 0 Å². The van der Waals surface area contributed by atoms with Gasteiger partial charge in [0.25, 0.3) is 0 Å². The van der Waals surface area contributed by atoms with Crippen LogP contribution in [0.3, 0.4) is 0 Å². The lowest BCUT2D eigenvalue weighted by atomic mass is 9.85. The number of para-hydroxylation sites is 1. The Morgan fingerprint density at radius 3 is 2.09 bits per heavy atom. The van der Waals surface area contributed by atoms with E-state index in [1.54, 1.807) is 0 Å². The van der Waals surface area contributed by atoms with Gasteiger partial charge in [-0.05, 0) is 49.1 Å². The van der Waals surface area contributed by atoms with Crippen molar-refractivity contribution >= 4 is 0 Å². The zero-order valence-corrected chi connectivity index (χ0v) is 20.3. The Bertz CT molecular complexity index is 1480. The third kappa shape index (κ3) is 3.64. The second-order valence-electron chi connectivity index (χ2n) is 9.43. The lowest BCUT2D eigenvalue weighted by molar-refractivity contribution is 0.223. The van der Waals surface area contributed by atoms with E-state index in [1.165, 1.54) is 39.1 Å². The zero-order chi connectivity index (χ0) is 23.9. The number of hydrogen-bond donors (Lipinski definition) is 0. The predicted molar refractivity (Wildman–Crippen MR) is 141 cm³/mol. The first kappa shape index (κ1) is 21.4. The lowest BCUT2D eigenvalue weighted by Crippen LogP contribution is -2.11. The monoisotopic (exact) mass is 456 g/mol. The van der Waals surface area contributed by atoms with Gasteiger partial charge in [0.2, 0.25) is 0 Å². The Labute approximate surface area is 206 Å². The zero-order valence-electron chi connectivity index (χ0n) is 20.3. The van der Waals surface area contributed by atoms with Gasteiger partial charge in [-0.3, -0.25) is 4.57 Å². The molecule has 5 aromatic rings. The SMILES string of the molecule is Cc1cc(C)c(-n2ccnc2-c2cccc3c2OC(c2ccccc2)C3c2ccccc2)c(C)c1. The fraction of sp³-hybridized carbons (Fsp3) is 0.156. The lowest BCUT2D eigenvalue weighted by Gasteiger charge is -2.20. The number of imidazole rings is 1. The first-order valence-corrected chi connectivity index (χ1v) is 12.1. The van der Waals surface area contributed by atoms with Gasteiger partial charge in [0.1, 0.15) is 17.7 Å². The third-order valence-corrected chi connectivity index (χ3v) is 6.97. The molecule has 0 amide bonds. The molecule has 0 N–H and O–H groups in total. The molecule has 35 heavy (non-hydrogen) atoms. The van der Waals surface area contributed by atoms with Crippen LogP contribution in [0.5, 0.6) is 5.75 Å². The van der Waals surface area contributed by atoms with E-state index in [0.717, 1.165) is 17.1 Å². The van der Waals surface area contributed by atoms with E-state index in [4.69, 9.17) is 9.72 Å². The molecule has 0 aliphatic carbocycles. The molecule has 4 aromatic carbocycles. The van der Waals surface area contributed by atoms with E-state index in [1.807, 2.05) is 6.20 Å². The summed E-state index contributed by atoms with van der Waals surface area (Å²) in [6, 6.07) is 32.1. The quantitative estimate of drug-likeness (QED) is 0.277. The van der Waals surface area contributed by atoms with Gasteiger partial charge in [-0.25, -0.2) is 4.98 Å².